The molecule has 0 saturated heterocycles. The number of benzene rings is 2. The van der Waals surface area contributed by atoms with E-state index in [0.29, 0.717) is 21.7 Å². The third-order valence-corrected chi connectivity index (χ3v) is 6.19. The second-order valence-electron chi connectivity index (χ2n) is 8.81. The number of hydrogen-bond donors (Lipinski definition) is 0. The maximum absolute atomic E-state index is 13.2. The predicted octanol–water partition coefficient (Wildman–Crippen LogP) is 7.17. The molecule has 3 rings (SSSR count). The van der Waals surface area contributed by atoms with Gasteiger partial charge in [-0.3, -0.25) is 0 Å². The Morgan fingerprint density at radius 3 is 2.00 bits per heavy atom. The molecule has 0 spiro atoms. The number of carbonyl (C=O) groups is 1. The van der Waals surface area contributed by atoms with Gasteiger partial charge in [0.1, 0.15) is 5.75 Å². The molecule has 0 radical (unpaired) electrons. The number of halogens is 2. The smallest absolute Gasteiger partial charge is 0.356 e. The van der Waals surface area contributed by atoms with E-state index in [4.69, 9.17) is 32.7 Å². The second-order valence-corrected chi connectivity index (χ2v) is 10.8. The van der Waals surface area contributed by atoms with Gasteiger partial charge in [0.15, 0.2) is 0 Å². The van der Waals surface area contributed by atoms with E-state index >= 15 is 0 Å². The highest BCUT2D eigenvalue weighted by atomic mass is 35.5. The fraction of sp³-hybridized carbons (Fsp3) is 0.333. The zero-order valence-electron chi connectivity index (χ0n) is 18.9. The van der Waals surface area contributed by atoms with Crippen LogP contribution in [0.1, 0.15) is 40.3 Å². The average Bonchev–Trinajstić information content (AvgIpc) is 3.01. The SMILES string of the molecule is Cc1nn(C(C)(C)C)c(OC(=O)C(C)(C)Oc2ccc(Cl)cc2)c1Sc1ccc(Cl)cc1. The van der Waals surface area contributed by atoms with Gasteiger partial charge < -0.3 is 9.47 Å². The summed E-state index contributed by atoms with van der Waals surface area (Å²) in [7, 11) is 0. The first-order valence-corrected chi connectivity index (χ1v) is 11.6. The van der Waals surface area contributed by atoms with Crippen molar-refractivity contribution in [2.24, 2.45) is 0 Å². The van der Waals surface area contributed by atoms with Crippen molar-refractivity contribution < 1.29 is 14.3 Å². The molecule has 1 aromatic heterocycles. The van der Waals surface area contributed by atoms with Gasteiger partial charge in [-0.25, -0.2) is 9.48 Å². The molecule has 0 amide bonds. The van der Waals surface area contributed by atoms with Crippen LogP contribution >= 0.6 is 35.0 Å². The lowest BCUT2D eigenvalue weighted by Crippen LogP contribution is -2.42. The Kier molecular flexibility index (Phi) is 7.18. The van der Waals surface area contributed by atoms with Crippen molar-refractivity contribution in [2.75, 3.05) is 0 Å². The van der Waals surface area contributed by atoms with E-state index in [-0.39, 0.29) is 0 Å². The lowest BCUT2D eigenvalue weighted by molar-refractivity contribution is -0.150. The van der Waals surface area contributed by atoms with Crippen LogP contribution in [-0.2, 0) is 10.3 Å². The van der Waals surface area contributed by atoms with Crippen LogP contribution in [-0.4, -0.2) is 21.4 Å². The summed E-state index contributed by atoms with van der Waals surface area (Å²) in [6.45, 7) is 11.2. The first-order chi connectivity index (χ1) is 14.9. The number of ether oxygens (including phenoxy) is 2. The van der Waals surface area contributed by atoms with Crippen molar-refractivity contribution in [3.63, 3.8) is 0 Å². The number of hydrogen-bond acceptors (Lipinski definition) is 5. The largest absolute Gasteiger partial charge is 0.476 e. The molecule has 32 heavy (non-hydrogen) atoms. The summed E-state index contributed by atoms with van der Waals surface area (Å²) in [6.07, 6.45) is 0. The number of aromatic nitrogens is 2. The summed E-state index contributed by atoms with van der Waals surface area (Å²) in [4.78, 5) is 14.9. The fourth-order valence-electron chi connectivity index (χ4n) is 2.82. The van der Waals surface area contributed by atoms with Crippen LogP contribution in [0.25, 0.3) is 0 Å². The molecule has 0 unspecified atom stereocenters. The number of rotatable bonds is 6. The molecule has 0 saturated carbocycles. The van der Waals surface area contributed by atoms with E-state index in [0.717, 1.165) is 15.5 Å². The molecule has 5 nitrogen and oxygen atoms in total. The summed E-state index contributed by atoms with van der Waals surface area (Å²) < 4.78 is 13.6. The normalized spacial score (nSPS) is 12.0. The second kappa shape index (κ2) is 9.38. The zero-order chi connectivity index (χ0) is 23.7. The molecule has 0 aliphatic carbocycles. The zero-order valence-corrected chi connectivity index (χ0v) is 21.2. The standard InChI is InChI=1S/C24H26Cl2N2O3S/c1-15-20(32-19-13-9-17(26)10-14-19)21(28(27-15)23(2,3)4)30-22(29)24(5,6)31-18-11-7-16(25)8-12-18/h7-14H,1-6H3. The third-order valence-electron chi connectivity index (χ3n) is 4.50. The van der Waals surface area contributed by atoms with E-state index in [1.54, 1.807) is 42.8 Å². The number of aryl methyl sites for hydroxylation is 1. The van der Waals surface area contributed by atoms with Gasteiger partial charge >= 0.3 is 5.97 Å². The van der Waals surface area contributed by atoms with Gasteiger partial charge in [-0.15, -0.1) is 0 Å². The molecule has 170 valence electrons. The number of nitrogens with zero attached hydrogens (tertiary/aromatic N) is 2. The third kappa shape index (κ3) is 5.80. The van der Waals surface area contributed by atoms with Crippen molar-refractivity contribution in [1.29, 1.82) is 0 Å². The van der Waals surface area contributed by atoms with Crippen molar-refractivity contribution in [3.05, 3.63) is 64.3 Å². The Bertz CT molecular complexity index is 1100. The fourth-order valence-corrected chi connectivity index (χ4v) is 3.99. The summed E-state index contributed by atoms with van der Waals surface area (Å²) in [6, 6.07) is 14.3. The Balaban J connectivity index is 1.93. The summed E-state index contributed by atoms with van der Waals surface area (Å²) >= 11 is 13.4. The van der Waals surface area contributed by atoms with Crippen LogP contribution in [0.15, 0.2) is 58.3 Å². The van der Waals surface area contributed by atoms with Gasteiger partial charge in [-0.2, -0.15) is 5.10 Å². The van der Waals surface area contributed by atoms with Gasteiger partial charge in [0, 0.05) is 14.9 Å². The highest BCUT2D eigenvalue weighted by molar-refractivity contribution is 7.99. The Hall–Kier alpha value is -2.15. The quantitative estimate of drug-likeness (QED) is 0.341. The lowest BCUT2D eigenvalue weighted by Gasteiger charge is -2.26. The molecular formula is C24H26Cl2N2O3S. The first kappa shape index (κ1) is 24.5. The Labute approximate surface area is 203 Å². The average molecular weight is 493 g/mol. The van der Waals surface area contributed by atoms with Gasteiger partial charge in [-0.05, 0) is 90.1 Å². The highest BCUT2D eigenvalue weighted by Crippen LogP contribution is 2.40. The molecule has 3 aromatic rings. The van der Waals surface area contributed by atoms with Crippen LogP contribution in [0.4, 0.5) is 0 Å². The van der Waals surface area contributed by atoms with Gasteiger partial charge in [0.2, 0.25) is 11.5 Å². The van der Waals surface area contributed by atoms with Gasteiger partial charge in [0.25, 0.3) is 0 Å². The molecule has 2 aromatic carbocycles. The topological polar surface area (TPSA) is 53.4 Å². The van der Waals surface area contributed by atoms with E-state index in [9.17, 15) is 4.79 Å². The summed E-state index contributed by atoms with van der Waals surface area (Å²) in [5.41, 5.74) is -0.879. The van der Waals surface area contributed by atoms with Crippen molar-refractivity contribution in [2.45, 2.75) is 62.5 Å². The van der Waals surface area contributed by atoms with Crippen LogP contribution in [0.5, 0.6) is 11.6 Å². The maximum Gasteiger partial charge on any atom is 0.356 e. The molecule has 0 aliphatic rings. The predicted molar refractivity (Wildman–Crippen MR) is 129 cm³/mol. The van der Waals surface area contributed by atoms with Crippen molar-refractivity contribution in [1.82, 2.24) is 9.78 Å². The van der Waals surface area contributed by atoms with E-state index < -0.39 is 17.1 Å². The van der Waals surface area contributed by atoms with E-state index in [1.807, 2.05) is 52.0 Å². The molecular weight excluding hydrogens is 467 g/mol. The van der Waals surface area contributed by atoms with Crippen LogP contribution in [0, 0.1) is 6.92 Å². The van der Waals surface area contributed by atoms with E-state index in [1.165, 1.54) is 11.8 Å². The molecule has 1 heterocycles. The minimum atomic E-state index is -1.24. The number of esters is 1. The van der Waals surface area contributed by atoms with E-state index in [2.05, 4.69) is 5.10 Å². The van der Waals surface area contributed by atoms with Crippen LogP contribution in [0.2, 0.25) is 10.0 Å². The molecule has 0 fully saturated rings. The first-order valence-electron chi connectivity index (χ1n) is 10.1. The monoisotopic (exact) mass is 492 g/mol. The van der Waals surface area contributed by atoms with Gasteiger partial charge in [-0.1, -0.05) is 35.0 Å². The molecule has 0 bridgehead atoms. The lowest BCUT2D eigenvalue weighted by atomic mass is 10.1. The molecule has 8 heteroatoms. The molecule has 0 aliphatic heterocycles. The maximum atomic E-state index is 13.2. The number of carbonyl (C=O) groups excluding carboxylic acids is 1. The summed E-state index contributed by atoms with van der Waals surface area (Å²) in [5.74, 6) is 0.371. The minimum absolute atomic E-state index is 0.382. The van der Waals surface area contributed by atoms with Crippen molar-refractivity contribution >= 4 is 40.9 Å². The molecule has 0 N–H and O–H groups in total. The Morgan fingerprint density at radius 2 is 1.47 bits per heavy atom. The molecule has 0 atom stereocenters. The minimum Gasteiger partial charge on any atom is -0.476 e. The van der Waals surface area contributed by atoms with Gasteiger partial charge in [0.05, 0.1) is 16.1 Å². The van der Waals surface area contributed by atoms with Crippen LogP contribution < -0.4 is 9.47 Å². The summed E-state index contributed by atoms with van der Waals surface area (Å²) in [5, 5.41) is 5.91. The highest BCUT2D eigenvalue weighted by Gasteiger charge is 2.36. The van der Waals surface area contributed by atoms with Crippen molar-refractivity contribution in [3.8, 4) is 11.6 Å². The van der Waals surface area contributed by atoms with Crippen LogP contribution in [0.3, 0.4) is 0 Å². The Morgan fingerprint density at radius 1 is 0.938 bits per heavy atom.